The van der Waals surface area contributed by atoms with Gasteiger partial charge < -0.3 is 14.8 Å². The lowest BCUT2D eigenvalue weighted by atomic mass is 10.0. The van der Waals surface area contributed by atoms with Gasteiger partial charge in [0.15, 0.2) is 0 Å². The lowest BCUT2D eigenvalue weighted by molar-refractivity contribution is 0.0323. The molecule has 0 aliphatic heterocycles. The number of carbonyl (C=O) groups excluding carboxylic acids is 1. The molecule has 0 fully saturated rings. The molecule has 130 valence electrons. The Morgan fingerprint density at radius 3 is 2.64 bits per heavy atom. The van der Waals surface area contributed by atoms with Crippen LogP contribution in [0.4, 0.5) is 0 Å². The Hall–Kier alpha value is -2.86. The van der Waals surface area contributed by atoms with Crippen molar-refractivity contribution in [2.45, 2.75) is 19.4 Å². The first-order valence-electron chi connectivity index (χ1n) is 8.03. The lowest BCUT2D eigenvalue weighted by Crippen LogP contribution is -2.38. The molecule has 1 atom stereocenters. The predicted octanol–water partition coefficient (Wildman–Crippen LogP) is 2.63. The summed E-state index contributed by atoms with van der Waals surface area (Å²) in [6, 6.07) is 13.0. The molecule has 6 nitrogen and oxygen atoms in total. The highest BCUT2D eigenvalue weighted by molar-refractivity contribution is 5.99. The van der Waals surface area contributed by atoms with Crippen molar-refractivity contribution in [1.29, 1.82) is 0 Å². The first kappa shape index (κ1) is 17.0. The lowest BCUT2D eigenvalue weighted by Gasteiger charge is -2.21. The van der Waals surface area contributed by atoms with Gasteiger partial charge in [-0.05, 0) is 26.0 Å². The summed E-state index contributed by atoms with van der Waals surface area (Å²) in [7, 11) is 1.77. The maximum absolute atomic E-state index is 12.6. The van der Waals surface area contributed by atoms with Gasteiger partial charge in [0, 0.05) is 18.8 Å². The number of amides is 1. The van der Waals surface area contributed by atoms with Crippen molar-refractivity contribution in [3.8, 4) is 11.3 Å². The number of nitrogens with one attached hydrogen (secondary N) is 1. The van der Waals surface area contributed by atoms with Crippen LogP contribution < -0.4 is 5.32 Å². The molecule has 2 aromatic heterocycles. The fourth-order valence-electron chi connectivity index (χ4n) is 2.62. The molecular formula is C19H21N3O3. The molecule has 0 saturated heterocycles. The number of aromatic nitrogens is 2. The highest BCUT2D eigenvalue weighted by Crippen LogP contribution is 2.24. The number of nitrogens with zero attached hydrogens (tertiary/aromatic N) is 2. The van der Waals surface area contributed by atoms with E-state index in [-0.39, 0.29) is 12.5 Å². The van der Waals surface area contributed by atoms with E-state index in [2.05, 4.69) is 10.4 Å². The fraction of sp³-hybridized carbons (Fsp3) is 0.263. The number of carbonyl (C=O) groups is 1. The molecule has 0 radical (unpaired) electrons. The third kappa shape index (κ3) is 3.64. The van der Waals surface area contributed by atoms with Gasteiger partial charge in [-0.15, -0.1) is 0 Å². The van der Waals surface area contributed by atoms with Crippen molar-refractivity contribution in [2.24, 2.45) is 7.05 Å². The smallest absolute Gasteiger partial charge is 0.255 e. The number of aryl methyl sites for hydroxylation is 2. The van der Waals surface area contributed by atoms with Crippen molar-refractivity contribution in [3.05, 3.63) is 65.7 Å². The molecule has 0 spiro atoms. The van der Waals surface area contributed by atoms with Gasteiger partial charge >= 0.3 is 0 Å². The van der Waals surface area contributed by atoms with E-state index >= 15 is 0 Å². The predicted molar refractivity (Wildman–Crippen MR) is 94.0 cm³/mol. The number of rotatable bonds is 5. The molecule has 3 rings (SSSR count). The van der Waals surface area contributed by atoms with Crippen molar-refractivity contribution < 1.29 is 14.3 Å². The molecule has 2 heterocycles. The largest absolute Gasteiger partial charge is 0.463 e. The van der Waals surface area contributed by atoms with E-state index < -0.39 is 5.60 Å². The van der Waals surface area contributed by atoms with Gasteiger partial charge in [-0.2, -0.15) is 5.10 Å². The van der Waals surface area contributed by atoms with Gasteiger partial charge in [-0.25, -0.2) is 0 Å². The maximum Gasteiger partial charge on any atom is 0.255 e. The third-order valence-electron chi connectivity index (χ3n) is 3.98. The van der Waals surface area contributed by atoms with Crippen LogP contribution in [0.15, 0.2) is 53.1 Å². The van der Waals surface area contributed by atoms with Crippen LogP contribution in [0.5, 0.6) is 0 Å². The zero-order valence-corrected chi connectivity index (χ0v) is 14.5. The van der Waals surface area contributed by atoms with Crippen LogP contribution in [-0.4, -0.2) is 27.3 Å². The highest BCUT2D eigenvalue weighted by atomic mass is 16.4. The molecule has 6 heteroatoms. The zero-order valence-electron chi connectivity index (χ0n) is 14.5. The van der Waals surface area contributed by atoms with Crippen LogP contribution in [0.3, 0.4) is 0 Å². The van der Waals surface area contributed by atoms with Gasteiger partial charge in [0.05, 0.1) is 12.1 Å². The molecule has 1 unspecified atom stereocenters. The first-order valence-corrected chi connectivity index (χ1v) is 8.03. The monoisotopic (exact) mass is 339 g/mol. The summed E-state index contributed by atoms with van der Waals surface area (Å²) in [6.07, 6.45) is 1.67. The Labute approximate surface area is 146 Å². The molecule has 0 saturated carbocycles. The van der Waals surface area contributed by atoms with Gasteiger partial charge in [0.25, 0.3) is 5.91 Å². The van der Waals surface area contributed by atoms with Gasteiger partial charge in [-0.1, -0.05) is 30.3 Å². The second-order valence-corrected chi connectivity index (χ2v) is 6.30. The Morgan fingerprint density at radius 2 is 2.00 bits per heavy atom. The Balaban J connectivity index is 1.78. The minimum absolute atomic E-state index is 0.0297. The molecule has 0 bridgehead atoms. The van der Waals surface area contributed by atoms with E-state index in [0.717, 1.165) is 5.56 Å². The van der Waals surface area contributed by atoms with E-state index in [0.29, 0.717) is 22.8 Å². The van der Waals surface area contributed by atoms with Crippen LogP contribution in [-0.2, 0) is 12.6 Å². The van der Waals surface area contributed by atoms with Crippen molar-refractivity contribution in [1.82, 2.24) is 15.1 Å². The number of furan rings is 1. The van der Waals surface area contributed by atoms with E-state index in [4.69, 9.17) is 4.42 Å². The van der Waals surface area contributed by atoms with Crippen LogP contribution in [0.2, 0.25) is 0 Å². The van der Waals surface area contributed by atoms with Crippen LogP contribution in [0.1, 0.15) is 28.8 Å². The van der Waals surface area contributed by atoms with Crippen molar-refractivity contribution in [2.75, 3.05) is 6.54 Å². The molecule has 2 N–H and O–H groups in total. The average Bonchev–Trinajstić information content (AvgIpc) is 3.20. The molecule has 3 aromatic rings. The van der Waals surface area contributed by atoms with Crippen LogP contribution >= 0.6 is 0 Å². The summed E-state index contributed by atoms with van der Waals surface area (Å²) in [5.74, 6) is 0.829. The zero-order chi connectivity index (χ0) is 18.0. The minimum Gasteiger partial charge on any atom is -0.463 e. The summed E-state index contributed by atoms with van der Waals surface area (Å²) in [4.78, 5) is 12.6. The number of hydrogen-bond acceptors (Lipinski definition) is 4. The minimum atomic E-state index is -1.29. The Kier molecular flexibility index (Phi) is 4.46. The van der Waals surface area contributed by atoms with Gasteiger partial charge in [0.2, 0.25) is 0 Å². The average molecular weight is 339 g/mol. The maximum atomic E-state index is 12.6. The second kappa shape index (κ2) is 6.57. The fourth-order valence-corrected chi connectivity index (χ4v) is 2.62. The van der Waals surface area contributed by atoms with Crippen molar-refractivity contribution >= 4 is 5.91 Å². The first-order chi connectivity index (χ1) is 11.9. The third-order valence-corrected chi connectivity index (χ3v) is 3.98. The van der Waals surface area contributed by atoms with E-state index in [1.54, 1.807) is 43.9 Å². The molecule has 0 aliphatic rings. The molecule has 1 aromatic carbocycles. The molecule has 25 heavy (non-hydrogen) atoms. The standard InChI is InChI=1S/C19H21N3O3/c1-13-9-10-16(25-13)19(2,24)12-20-18(23)15-11-22(3)21-17(15)14-7-5-4-6-8-14/h4-11,24H,12H2,1-3H3,(H,20,23). The van der Waals surface area contributed by atoms with Crippen molar-refractivity contribution in [3.63, 3.8) is 0 Å². The summed E-state index contributed by atoms with van der Waals surface area (Å²) in [5, 5.41) is 17.7. The van der Waals surface area contributed by atoms with Crippen LogP contribution in [0.25, 0.3) is 11.3 Å². The van der Waals surface area contributed by atoms with E-state index in [9.17, 15) is 9.90 Å². The van der Waals surface area contributed by atoms with E-state index in [1.807, 2.05) is 30.3 Å². The topological polar surface area (TPSA) is 80.3 Å². The molecular weight excluding hydrogens is 318 g/mol. The number of aliphatic hydroxyl groups is 1. The quantitative estimate of drug-likeness (QED) is 0.749. The molecule has 1 amide bonds. The van der Waals surface area contributed by atoms with E-state index in [1.165, 1.54) is 0 Å². The number of benzene rings is 1. The van der Waals surface area contributed by atoms with Gasteiger partial charge in [0.1, 0.15) is 22.8 Å². The Bertz CT molecular complexity index is 878. The Morgan fingerprint density at radius 1 is 1.28 bits per heavy atom. The summed E-state index contributed by atoms with van der Waals surface area (Å²) in [5.41, 5.74) is 0.634. The summed E-state index contributed by atoms with van der Waals surface area (Å²) < 4.78 is 7.07. The molecule has 0 aliphatic carbocycles. The highest BCUT2D eigenvalue weighted by Gasteiger charge is 2.28. The number of hydrogen-bond donors (Lipinski definition) is 2. The summed E-state index contributed by atoms with van der Waals surface area (Å²) >= 11 is 0. The van der Waals surface area contributed by atoms with Gasteiger partial charge in [-0.3, -0.25) is 9.48 Å². The second-order valence-electron chi connectivity index (χ2n) is 6.30. The normalized spacial score (nSPS) is 13.4. The van der Waals surface area contributed by atoms with Crippen LogP contribution in [0, 0.1) is 6.92 Å². The summed E-state index contributed by atoms with van der Waals surface area (Å²) in [6.45, 7) is 3.44. The SMILES string of the molecule is Cc1ccc(C(C)(O)CNC(=O)c2cn(C)nc2-c2ccccc2)o1.